The van der Waals surface area contributed by atoms with Gasteiger partial charge >= 0.3 is 5.97 Å². The van der Waals surface area contributed by atoms with Gasteiger partial charge in [-0.3, -0.25) is 4.79 Å². The first-order valence-electron chi connectivity index (χ1n) is 41.4. The topological polar surface area (TPSA) is 57.5 Å². The van der Waals surface area contributed by atoms with Crippen LogP contribution in [0.2, 0.25) is 0 Å². The molecule has 2 N–H and O–H groups in total. The Labute approximate surface area is 549 Å². The smallest absolute Gasteiger partial charge is 0.309 e. The van der Waals surface area contributed by atoms with Gasteiger partial charge in [0.15, 0.2) is 0 Å². The van der Waals surface area contributed by atoms with Crippen molar-refractivity contribution in [3.05, 3.63) is 0 Å². The molecular weight excluding hydrogens is 1060 g/mol. The number of carboxylic acids is 1. The van der Waals surface area contributed by atoms with E-state index in [0.717, 1.165) is 25.7 Å². The summed E-state index contributed by atoms with van der Waals surface area (Å²) in [5, 5.41) is 20.6. The summed E-state index contributed by atoms with van der Waals surface area (Å²) in [5.41, 5.74) is 2.58. The number of unbranched alkanes of at least 4 members (excludes halogenated alkanes) is 59. The molecular formula is C84H164O3. The van der Waals surface area contributed by atoms with Crippen LogP contribution in [-0.4, -0.2) is 22.3 Å². The van der Waals surface area contributed by atoms with Gasteiger partial charge in [-0.15, -0.1) is 0 Å². The monoisotopic (exact) mass is 1220 g/mol. The summed E-state index contributed by atoms with van der Waals surface area (Å²) in [5.74, 6) is -1.38. The summed E-state index contributed by atoms with van der Waals surface area (Å²) < 4.78 is 0. The highest BCUT2D eigenvalue weighted by atomic mass is 16.4. The van der Waals surface area contributed by atoms with Gasteiger partial charge < -0.3 is 10.2 Å². The molecule has 2 saturated carbocycles. The molecule has 0 aromatic carbocycles. The summed E-state index contributed by atoms with van der Waals surface area (Å²) in [4.78, 5) is 12.0. The second-order valence-electron chi connectivity index (χ2n) is 32.3. The normalized spacial score (nSPS) is 20.6. The minimum Gasteiger partial charge on any atom is -0.481 e. The molecule has 3 heteroatoms. The molecule has 0 aromatic heterocycles. The molecule has 3 nitrogen and oxygen atoms in total. The Morgan fingerprint density at radius 2 is 0.402 bits per heavy atom. The van der Waals surface area contributed by atoms with Crippen molar-refractivity contribution >= 4 is 5.97 Å². The Balaban J connectivity index is 1.25. The van der Waals surface area contributed by atoms with Gasteiger partial charge in [0.2, 0.25) is 0 Å². The standard InChI is InChI=1S/C84H164O3/c1-7-9-11-13-15-17-19-21-23-25-26-27-28-30-34-40-46-52-58-64-70-78(80(86)87)79(85)71-65-59-53-47-41-35-31-29-33-37-43-49-55-61-67-73-82(4)77-84(82,6)75-69-63-57-51-45-39-38-44-50-56-62-68-74-83(5)76-81(83,3)72-66-60-54-48-42-36-32-24-22-20-18-16-14-12-10-8-2/h78-79,85H,7-77H2,1-6H3,(H,86,87)/t78?,79?,81-,82+,83+,84-/m1/s1. The van der Waals surface area contributed by atoms with Crippen molar-refractivity contribution in [2.75, 3.05) is 0 Å². The van der Waals surface area contributed by atoms with E-state index in [4.69, 9.17) is 0 Å². The first kappa shape index (κ1) is 82.5. The number of hydrogen-bond donors (Lipinski definition) is 2. The highest BCUT2D eigenvalue weighted by molar-refractivity contribution is 5.70. The lowest BCUT2D eigenvalue weighted by atomic mass is 9.86. The maximum absolute atomic E-state index is 12.0. The Hall–Kier alpha value is -0.570. The van der Waals surface area contributed by atoms with E-state index in [1.807, 2.05) is 0 Å². The lowest BCUT2D eigenvalue weighted by Crippen LogP contribution is -2.28. The fraction of sp³-hybridized carbons (Fsp3) is 0.988. The van der Waals surface area contributed by atoms with Gasteiger partial charge in [-0.1, -0.05) is 446 Å². The van der Waals surface area contributed by atoms with Crippen LogP contribution in [0.1, 0.15) is 497 Å². The highest BCUT2D eigenvalue weighted by Crippen LogP contribution is 2.69. The number of hydrogen-bond acceptors (Lipinski definition) is 2. The lowest BCUT2D eigenvalue weighted by Gasteiger charge is -2.19. The quantitative estimate of drug-likeness (QED) is 0.0597. The van der Waals surface area contributed by atoms with Crippen molar-refractivity contribution < 1.29 is 15.0 Å². The van der Waals surface area contributed by atoms with Crippen molar-refractivity contribution in [3.8, 4) is 0 Å². The van der Waals surface area contributed by atoms with Gasteiger partial charge in [-0.25, -0.2) is 0 Å². The molecule has 0 saturated heterocycles. The molecule has 2 unspecified atom stereocenters. The average molecular weight is 1220 g/mol. The zero-order valence-electron chi connectivity index (χ0n) is 61.2. The largest absolute Gasteiger partial charge is 0.481 e. The second-order valence-corrected chi connectivity index (χ2v) is 32.3. The van der Waals surface area contributed by atoms with Gasteiger partial charge in [0.1, 0.15) is 0 Å². The zero-order valence-corrected chi connectivity index (χ0v) is 61.2. The molecule has 0 spiro atoms. The Morgan fingerprint density at radius 1 is 0.253 bits per heavy atom. The van der Waals surface area contributed by atoms with Crippen molar-refractivity contribution in [3.63, 3.8) is 0 Å². The van der Waals surface area contributed by atoms with Crippen LogP contribution in [0.5, 0.6) is 0 Å². The van der Waals surface area contributed by atoms with Crippen molar-refractivity contribution in [2.45, 2.75) is 504 Å². The molecule has 0 aromatic rings. The fourth-order valence-electron chi connectivity index (χ4n) is 16.5. The first-order valence-corrected chi connectivity index (χ1v) is 41.4. The Bertz CT molecular complexity index is 1460. The molecule has 0 aliphatic heterocycles. The van der Waals surface area contributed by atoms with E-state index in [1.165, 1.54) is 417 Å². The van der Waals surface area contributed by atoms with Crippen LogP contribution in [0.3, 0.4) is 0 Å². The zero-order chi connectivity index (χ0) is 62.9. The van der Waals surface area contributed by atoms with Gasteiger partial charge in [0, 0.05) is 0 Å². The predicted molar refractivity (Wildman–Crippen MR) is 389 cm³/mol. The molecule has 0 heterocycles. The number of aliphatic hydroxyl groups is 1. The van der Waals surface area contributed by atoms with E-state index in [0.29, 0.717) is 34.5 Å². The molecule has 2 fully saturated rings. The van der Waals surface area contributed by atoms with E-state index in [-0.39, 0.29) is 0 Å². The van der Waals surface area contributed by atoms with Crippen molar-refractivity contribution in [1.29, 1.82) is 0 Å². The maximum atomic E-state index is 12.0. The van der Waals surface area contributed by atoms with E-state index < -0.39 is 18.0 Å². The molecule has 518 valence electrons. The molecule has 6 atom stereocenters. The average Bonchev–Trinajstić information content (AvgIpc) is 1.65. The van der Waals surface area contributed by atoms with Crippen LogP contribution in [0.25, 0.3) is 0 Å². The molecule has 0 radical (unpaired) electrons. The fourth-order valence-corrected chi connectivity index (χ4v) is 16.5. The third-order valence-electron chi connectivity index (χ3n) is 23.9. The Morgan fingerprint density at radius 3 is 0.575 bits per heavy atom. The maximum Gasteiger partial charge on any atom is 0.309 e. The number of aliphatic hydroxyl groups excluding tert-OH is 1. The van der Waals surface area contributed by atoms with E-state index in [9.17, 15) is 15.0 Å². The van der Waals surface area contributed by atoms with Crippen molar-refractivity contribution in [2.24, 2.45) is 27.6 Å². The number of carboxylic acid groups (broad SMARTS) is 1. The summed E-state index contributed by atoms with van der Waals surface area (Å²) in [6.45, 7) is 15.1. The highest BCUT2D eigenvalue weighted by Gasteiger charge is 2.59. The number of rotatable bonds is 73. The summed E-state index contributed by atoms with van der Waals surface area (Å²) in [6.07, 6.45) is 98.0. The van der Waals surface area contributed by atoms with Gasteiger partial charge in [0.05, 0.1) is 12.0 Å². The number of aliphatic carboxylic acids is 1. The summed E-state index contributed by atoms with van der Waals surface area (Å²) >= 11 is 0. The molecule has 87 heavy (non-hydrogen) atoms. The minimum absolute atomic E-state index is 0.584. The van der Waals surface area contributed by atoms with Gasteiger partial charge in [-0.05, 0) is 73.0 Å². The van der Waals surface area contributed by atoms with E-state index >= 15 is 0 Å². The van der Waals surface area contributed by atoms with Crippen LogP contribution < -0.4 is 0 Å². The lowest BCUT2D eigenvalue weighted by molar-refractivity contribution is -0.146. The first-order chi connectivity index (χ1) is 42.5. The second kappa shape index (κ2) is 56.9. The van der Waals surface area contributed by atoms with Crippen LogP contribution >= 0.6 is 0 Å². The predicted octanol–water partition coefficient (Wildman–Crippen LogP) is 29.8. The molecule has 0 amide bonds. The van der Waals surface area contributed by atoms with Crippen LogP contribution in [0.15, 0.2) is 0 Å². The van der Waals surface area contributed by atoms with E-state index in [1.54, 1.807) is 0 Å². The molecule has 0 bridgehead atoms. The van der Waals surface area contributed by atoms with Gasteiger partial charge in [-0.2, -0.15) is 0 Å². The summed E-state index contributed by atoms with van der Waals surface area (Å²) in [6, 6.07) is 0. The van der Waals surface area contributed by atoms with Crippen LogP contribution in [0, 0.1) is 27.6 Å². The van der Waals surface area contributed by atoms with Gasteiger partial charge in [0.25, 0.3) is 0 Å². The molecule has 2 aliphatic rings. The van der Waals surface area contributed by atoms with Crippen molar-refractivity contribution in [1.82, 2.24) is 0 Å². The third-order valence-corrected chi connectivity index (χ3v) is 23.9. The molecule has 2 aliphatic carbocycles. The SMILES string of the molecule is CCCCCCCCCCCCCCCCCCCCCCC(C(=O)O)C(O)CCCCCCCCCCCCCCCCC[C@@]1(C)C[C@@]1(C)CCCCCCCCCCCCCC[C@@]1(C)C[C@@]1(C)CCCCCCCCCCCCCCCCCC. The van der Waals surface area contributed by atoms with Crippen LogP contribution in [-0.2, 0) is 4.79 Å². The third kappa shape index (κ3) is 45.4. The van der Waals surface area contributed by atoms with E-state index in [2.05, 4.69) is 41.5 Å². The Kier molecular flexibility index (Phi) is 54.0. The minimum atomic E-state index is -0.798. The van der Waals surface area contributed by atoms with Crippen LogP contribution in [0.4, 0.5) is 0 Å². The summed E-state index contributed by atoms with van der Waals surface area (Å²) in [7, 11) is 0. The number of carbonyl (C=O) groups is 1. The molecule has 2 rings (SSSR count).